The Labute approximate surface area is 200 Å². The lowest BCUT2D eigenvalue weighted by atomic mass is 10.1. The molecule has 0 atom stereocenters. The average Bonchev–Trinajstić information content (AvgIpc) is 3.47. The molecule has 2 aromatic carbocycles. The van der Waals surface area contributed by atoms with E-state index in [4.69, 9.17) is 10.5 Å². The molecule has 10 nitrogen and oxygen atoms in total. The molecule has 0 spiro atoms. The third-order valence-electron chi connectivity index (χ3n) is 5.71. The number of aryl methyl sites for hydroxylation is 2. The maximum atomic E-state index is 12.4. The maximum absolute atomic E-state index is 12.4. The number of anilines is 1. The van der Waals surface area contributed by atoms with Gasteiger partial charge in [-0.05, 0) is 35.9 Å². The second-order valence-corrected chi connectivity index (χ2v) is 8.01. The second kappa shape index (κ2) is 9.26. The summed E-state index contributed by atoms with van der Waals surface area (Å²) < 4.78 is 9.90. The van der Waals surface area contributed by atoms with Gasteiger partial charge in [0.05, 0.1) is 48.7 Å². The van der Waals surface area contributed by atoms with Crippen LogP contribution in [0, 0.1) is 0 Å². The molecule has 5 rings (SSSR count). The van der Waals surface area contributed by atoms with Gasteiger partial charge >= 0.3 is 5.97 Å². The molecule has 2 N–H and O–H groups in total. The number of esters is 1. The fourth-order valence-electron chi connectivity index (χ4n) is 3.95. The van der Waals surface area contributed by atoms with Gasteiger partial charge in [0, 0.05) is 24.4 Å². The van der Waals surface area contributed by atoms with E-state index in [0.29, 0.717) is 30.3 Å². The summed E-state index contributed by atoms with van der Waals surface area (Å²) in [6.07, 6.45) is 3.59. The van der Waals surface area contributed by atoms with Gasteiger partial charge in [0.1, 0.15) is 0 Å². The zero-order valence-electron chi connectivity index (χ0n) is 19.0. The van der Waals surface area contributed by atoms with Crippen LogP contribution in [0.4, 0.5) is 5.95 Å². The van der Waals surface area contributed by atoms with E-state index in [-0.39, 0.29) is 12.1 Å². The number of carbonyl (C=O) groups is 1. The first-order valence-corrected chi connectivity index (χ1v) is 11.0. The van der Waals surface area contributed by atoms with E-state index in [2.05, 4.69) is 15.2 Å². The first kappa shape index (κ1) is 22.1. The number of imidazole rings is 1. The van der Waals surface area contributed by atoms with Crippen LogP contribution in [0.25, 0.3) is 22.3 Å². The number of nitrogens with zero attached hydrogens (tertiary/aromatic N) is 6. The van der Waals surface area contributed by atoms with Crippen LogP contribution in [-0.4, -0.2) is 42.2 Å². The topological polar surface area (TPSA) is 123 Å². The minimum atomic E-state index is -0.432. The highest BCUT2D eigenvalue weighted by molar-refractivity contribution is 5.89. The molecule has 3 aromatic heterocycles. The Morgan fingerprint density at radius 2 is 1.91 bits per heavy atom. The zero-order valence-corrected chi connectivity index (χ0v) is 19.0. The molecule has 0 saturated carbocycles. The largest absolute Gasteiger partial charge is 0.465 e. The number of fused-ring (bicyclic) bond motifs is 1. The third kappa shape index (κ3) is 4.54. The number of nitrogens with two attached hydrogens (primary N) is 1. The lowest BCUT2D eigenvalue weighted by Gasteiger charge is -2.08. The van der Waals surface area contributed by atoms with Crippen molar-refractivity contribution in [2.75, 3.05) is 12.8 Å². The molecule has 0 saturated heterocycles. The summed E-state index contributed by atoms with van der Waals surface area (Å²) in [5.74, 6) is 0.0300. The van der Waals surface area contributed by atoms with E-state index in [0.717, 1.165) is 22.2 Å². The highest BCUT2D eigenvalue weighted by Crippen LogP contribution is 2.18. The van der Waals surface area contributed by atoms with E-state index in [1.54, 1.807) is 35.1 Å². The van der Waals surface area contributed by atoms with Gasteiger partial charge in [-0.25, -0.2) is 14.5 Å². The molecule has 0 amide bonds. The van der Waals surface area contributed by atoms with Crippen molar-refractivity contribution < 1.29 is 9.53 Å². The average molecular weight is 470 g/mol. The molecule has 3 heterocycles. The quantitative estimate of drug-likeness (QED) is 0.364. The minimum Gasteiger partial charge on any atom is -0.465 e. The molecular formula is C25H23N7O3. The molecule has 0 aliphatic rings. The van der Waals surface area contributed by atoms with Gasteiger partial charge in [0.2, 0.25) is 5.95 Å². The number of hydrogen-bond acceptors (Lipinski definition) is 7. The summed E-state index contributed by atoms with van der Waals surface area (Å²) in [6.45, 7) is 1.42. The Kier molecular flexibility index (Phi) is 5.84. The van der Waals surface area contributed by atoms with Crippen molar-refractivity contribution >= 4 is 23.0 Å². The molecular weight excluding hydrogens is 446 g/mol. The summed E-state index contributed by atoms with van der Waals surface area (Å²) in [5.41, 5.74) is 10.3. The normalized spacial score (nSPS) is 11.1. The van der Waals surface area contributed by atoms with E-state index >= 15 is 0 Å². The Morgan fingerprint density at radius 1 is 1.06 bits per heavy atom. The number of carbonyl (C=O) groups excluding carboxylic acids is 1. The van der Waals surface area contributed by atoms with Gasteiger partial charge in [-0.2, -0.15) is 10.2 Å². The number of aromatic nitrogens is 6. The Morgan fingerprint density at radius 3 is 2.77 bits per heavy atom. The smallest absolute Gasteiger partial charge is 0.337 e. The minimum absolute atomic E-state index is 0.221. The Bertz CT molecular complexity index is 1580. The van der Waals surface area contributed by atoms with Crippen molar-refractivity contribution in [3.8, 4) is 11.3 Å². The van der Waals surface area contributed by atoms with Crippen molar-refractivity contribution in [1.82, 2.24) is 29.1 Å². The van der Waals surface area contributed by atoms with Gasteiger partial charge in [0.15, 0.2) is 0 Å². The van der Waals surface area contributed by atoms with Crippen molar-refractivity contribution in [3.63, 3.8) is 0 Å². The molecule has 0 bridgehead atoms. The number of ether oxygens (including phenoxy) is 1. The van der Waals surface area contributed by atoms with Crippen LogP contribution < -0.4 is 11.3 Å². The summed E-state index contributed by atoms with van der Waals surface area (Å²) >= 11 is 0. The molecule has 5 aromatic rings. The summed E-state index contributed by atoms with van der Waals surface area (Å²) in [5, 5.41) is 8.95. The number of hydrogen-bond donors (Lipinski definition) is 1. The standard InChI is InChI=1S/C25H23N7O3/c1-35-24(34)18-6-4-5-17(13-18)15-32-23(33)10-9-20(29-32)19-14-27-30(16-19)11-12-31-22-8-3-2-7-21(22)28-25(31)26/h2-10,13-14,16H,11-12,15H2,1H3,(H2,26,28). The van der Waals surface area contributed by atoms with Gasteiger partial charge in [-0.3, -0.25) is 9.48 Å². The summed E-state index contributed by atoms with van der Waals surface area (Å²) in [6, 6.07) is 17.9. The summed E-state index contributed by atoms with van der Waals surface area (Å²) in [7, 11) is 1.33. The molecule has 0 radical (unpaired) electrons. The third-order valence-corrected chi connectivity index (χ3v) is 5.71. The van der Waals surface area contributed by atoms with Crippen LogP contribution in [0.3, 0.4) is 0 Å². The van der Waals surface area contributed by atoms with Gasteiger partial charge < -0.3 is 15.0 Å². The van der Waals surface area contributed by atoms with Gasteiger partial charge in [-0.15, -0.1) is 0 Å². The highest BCUT2D eigenvalue weighted by Gasteiger charge is 2.11. The van der Waals surface area contributed by atoms with E-state index in [1.165, 1.54) is 17.9 Å². The Hall–Kier alpha value is -4.73. The van der Waals surface area contributed by atoms with E-state index in [1.807, 2.05) is 41.1 Å². The van der Waals surface area contributed by atoms with E-state index < -0.39 is 5.97 Å². The lowest BCUT2D eigenvalue weighted by Crippen LogP contribution is -2.23. The molecule has 0 aliphatic carbocycles. The van der Waals surface area contributed by atoms with Crippen molar-refractivity contribution in [2.45, 2.75) is 19.6 Å². The zero-order chi connectivity index (χ0) is 24.4. The van der Waals surface area contributed by atoms with Crippen LogP contribution in [0.5, 0.6) is 0 Å². The van der Waals surface area contributed by atoms with Crippen LogP contribution in [0.1, 0.15) is 15.9 Å². The van der Waals surface area contributed by atoms with Crippen LogP contribution in [0.15, 0.2) is 77.9 Å². The predicted molar refractivity (Wildman–Crippen MR) is 131 cm³/mol. The van der Waals surface area contributed by atoms with Crippen molar-refractivity contribution in [2.24, 2.45) is 0 Å². The van der Waals surface area contributed by atoms with Crippen molar-refractivity contribution in [3.05, 3.63) is 94.5 Å². The van der Waals surface area contributed by atoms with Crippen LogP contribution in [-0.2, 0) is 24.4 Å². The monoisotopic (exact) mass is 469 g/mol. The van der Waals surface area contributed by atoms with E-state index in [9.17, 15) is 9.59 Å². The van der Waals surface area contributed by atoms with Gasteiger partial charge in [-0.1, -0.05) is 24.3 Å². The maximum Gasteiger partial charge on any atom is 0.337 e. The molecule has 0 unspecified atom stereocenters. The molecule has 0 aliphatic heterocycles. The van der Waals surface area contributed by atoms with Crippen LogP contribution >= 0.6 is 0 Å². The molecule has 35 heavy (non-hydrogen) atoms. The molecule has 0 fully saturated rings. The second-order valence-electron chi connectivity index (χ2n) is 8.01. The predicted octanol–water partition coefficient (Wildman–Crippen LogP) is 2.57. The summed E-state index contributed by atoms with van der Waals surface area (Å²) in [4.78, 5) is 28.6. The van der Waals surface area contributed by atoms with Crippen LogP contribution in [0.2, 0.25) is 0 Å². The Balaban J connectivity index is 1.34. The number of para-hydroxylation sites is 2. The fourth-order valence-corrected chi connectivity index (χ4v) is 3.95. The van der Waals surface area contributed by atoms with Gasteiger partial charge in [0.25, 0.3) is 5.56 Å². The molecule has 10 heteroatoms. The highest BCUT2D eigenvalue weighted by atomic mass is 16.5. The SMILES string of the molecule is COC(=O)c1cccc(Cn2nc(-c3cnn(CCn4c(N)nc5ccccc54)c3)ccc2=O)c1. The lowest BCUT2D eigenvalue weighted by molar-refractivity contribution is 0.0600. The first-order chi connectivity index (χ1) is 17.0. The molecule has 176 valence electrons. The number of benzene rings is 2. The number of rotatable bonds is 7. The number of nitrogen functional groups attached to an aromatic ring is 1. The number of methoxy groups -OCH3 is 1. The first-order valence-electron chi connectivity index (χ1n) is 11.0. The fraction of sp³-hybridized carbons (Fsp3) is 0.160. The van der Waals surface area contributed by atoms with Crippen molar-refractivity contribution in [1.29, 1.82) is 0 Å².